The number of halogens is 2. The van der Waals surface area contributed by atoms with Crippen molar-refractivity contribution in [1.82, 2.24) is 4.57 Å². The van der Waals surface area contributed by atoms with Crippen LogP contribution in [0.2, 0.25) is 5.02 Å². The molecule has 0 saturated carbocycles. The van der Waals surface area contributed by atoms with E-state index in [1.54, 1.807) is 13.0 Å². The second-order valence-corrected chi connectivity index (χ2v) is 9.14. The van der Waals surface area contributed by atoms with Gasteiger partial charge in [0.1, 0.15) is 11.6 Å². The van der Waals surface area contributed by atoms with Crippen LogP contribution < -0.4 is 4.74 Å². The van der Waals surface area contributed by atoms with Crippen LogP contribution in [0.1, 0.15) is 34.2 Å². The van der Waals surface area contributed by atoms with Crippen molar-refractivity contribution in [3.8, 4) is 5.75 Å². The number of nitrogens with zero attached hydrogens (tertiary/aromatic N) is 1. The molecule has 8 heteroatoms. The van der Waals surface area contributed by atoms with E-state index in [0.717, 1.165) is 11.4 Å². The summed E-state index contributed by atoms with van der Waals surface area (Å²) in [5, 5.41) is -0.0735. The molecular weight excluding hydrogens is 381 g/mol. The van der Waals surface area contributed by atoms with Gasteiger partial charge in [-0.1, -0.05) is 11.6 Å². The first-order valence-electron chi connectivity index (χ1n) is 8.18. The highest BCUT2D eigenvalue weighted by atomic mass is 35.5. The number of carbonyl (C=O) groups is 1. The average molecular weight is 400 g/mol. The molecule has 0 spiro atoms. The third-order valence-corrected chi connectivity index (χ3v) is 6.66. The molecule has 0 radical (unpaired) electrons. The number of hydrogen-bond acceptors (Lipinski definition) is 4. The van der Waals surface area contributed by atoms with Gasteiger partial charge in [0.05, 0.1) is 16.5 Å². The number of ether oxygens (including phenoxy) is 1. The molecule has 0 N–H and O–H groups in total. The largest absolute Gasteiger partial charge is 0.485 e. The van der Waals surface area contributed by atoms with Gasteiger partial charge in [0.2, 0.25) is 5.78 Å². The topological polar surface area (TPSA) is 65.4 Å². The standard InChI is InChI=1S/C18H19ClFNO4S/c1-11-7-15(12(2)21(11)13-5-6-26(23,24)10-13)18(22)9-25-14-3-4-17(20)16(19)8-14/h3-4,7-8,13H,5-6,9-10H2,1-2H3/t13-/m1/s1. The van der Waals surface area contributed by atoms with E-state index >= 15 is 0 Å². The molecule has 0 unspecified atom stereocenters. The number of benzene rings is 1. The van der Waals surface area contributed by atoms with Gasteiger partial charge in [0.25, 0.3) is 0 Å². The third kappa shape index (κ3) is 3.78. The predicted octanol–water partition coefficient (Wildman–Crippen LogP) is 3.52. The average Bonchev–Trinajstić information content (AvgIpc) is 3.07. The Bertz CT molecular complexity index is 968. The Labute approximate surface area is 156 Å². The Balaban J connectivity index is 1.76. The zero-order valence-corrected chi connectivity index (χ0v) is 16.0. The highest BCUT2D eigenvalue weighted by Crippen LogP contribution is 2.29. The molecule has 2 heterocycles. The van der Waals surface area contributed by atoms with Gasteiger partial charge in [0, 0.05) is 29.1 Å². The predicted molar refractivity (Wildman–Crippen MR) is 97.4 cm³/mol. The van der Waals surface area contributed by atoms with Crippen molar-refractivity contribution in [1.29, 1.82) is 0 Å². The van der Waals surface area contributed by atoms with Crippen LogP contribution in [0.15, 0.2) is 24.3 Å². The first kappa shape index (κ1) is 18.9. The van der Waals surface area contributed by atoms with Crippen molar-refractivity contribution in [3.63, 3.8) is 0 Å². The van der Waals surface area contributed by atoms with Gasteiger partial charge in [0.15, 0.2) is 16.4 Å². The van der Waals surface area contributed by atoms with E-state index in [0.29, 0.717) is 17.7 Å². The summed E-state index contributed by atoms with van der Waals surface area (Å²) >= 11 is 5.70. The maximum absolute atomic E-state index is 13.2. The lowest BCUT2D eigenvalue weighted by molar-refractivity contribution is 0.0920. The van der Waals surface area contributed by atoms with E-state index in [9.17, 15) is 17.6 Å². The quantitative estimate of drug-likeness (QED) is 0.721. The lowest BCUT2D eigenvalue weighted by Crippen LogP contribution is -2.16. The van der Waals surface area contributed by atoms with E-state index in [-0.39, 0.29) is 35.0 Å². The molecule has 3 rings (SSSR count). The number of rotatable bonds is 5. The fraction of sp³-hybridized carbons (Fsp3) is 0.389. The Kier molecular flexibility index (Phi) is 5.12. The molecule has 5 nitrogen and oxygen atoms in total. The summed E-state index contributed by atoms with van der Waals surface area (Å²) in [6.45, 7) is 3.45. The molecular formula is C18H19ClFNO4S. The first-order chi connectivity index (χ1) is 12.2. The molecule has 0 bridgehead atoms. The molecule has 1 atom stereocenters. The molecule has 1 saturated heterocycles. The Morgan fingerprint density at radius 1 is 1.35 bits per heavy atom. The van der Waals surface area contributed by atoms with Crippen molar-refractivity contribution in [3.05, 3.63) is 52.1 Å². The van der Waals surface area contributed by atoms with Crippen molar-refractivity contribution in [2.75, 3.05) is 18.1 Å². The molecule has 2 aromatic rings. The van der Waals surface area contributed by atoms with Gasteiger partial charge in [-0.3, -0.25) is 4.79 Å². The van der Waals surface area contributed by atoms with Crippen molar-refractivity contribution in [2.45, 2.75) is 26.3 Å². The molecule has 26 heavy (non-hydrogen) atoms. The Morgan fingerprint density at radius 2 is 2.08 bits per heavy atom. The van der Waals surface area contributed by atoms with Gasteiger partial charge in [-0.15, -0.1) is 0 Å². The van der Waals surface area contributed by atoms with Crippen LogP contribution in [0.3, 0.4) is 0 Å². The molecule has 1 fully saturated rings. The minimum atomic E-state index is -3.02. The summed E-state index contributed by atoms with van der Waals surface area (Å²) in [6.07, 6.45) is 0.552. The smallest absolute Gasteiger partial charge is 0.202 e. The number of sulfone groups is 1. The maximum atomic E-state index is 13.2. The molecule has 0 amide bonds. The van der Waals surface area contributed by atoms with E-state index in [1.807, 2.05) is 11.5 Å². The Morgan fingerprint density at radius 3 is 2.69 bits per heavy atom. The number of ketones is 1. The minimum Gasteiger partial charge on any atom is -0.485 e. The number of aromatic nitrogens is 1. The van der Waals surface area contributed by atoms with Crippen LogP contribution in [-0.4, -0.2) is 36.9 Å². The van der Waals surface area contributed by atoms with Gasteiger partial charge in [-0.2, -0.15) is 0 Å². The molecule has 1 aliphatic heterocycles. The summed E-state index contributed by atoms with van der Waals surface area (Å²) in [4.78, 5) is 12.5. The second kappa shape index (κ2) is 7.04. The fourth-order valence-electron chi connectivity index (χ4n) is 3.39. The van der Waals surface area contributed by atoms with Crippen LogP contribution in [0.25, 0.3) is 0 Å². The summed E-state index contributed by atoms with van der Waals surface area (Å²) in [7, 11) is -3.02. The van der Waals surface area contributed by atoms with Crippen LogP contribution in [0.4, 0.5) is 4.39 Å². The monoisotopic (exact) mass is 399 g/mol. The van der Waals surface area contributed by atoms with Gasteiger partial charge in [-0.05, 0) is 38.5 Å². The minimum absolute atomic E-state index is 0.0735. The van der Waals surface area contributed by atoms with Gasteiger partial charge >= 0.3 is 0 Å². The molecule has 1 aromatic carbocycles. The van der Waals surface area contributed by atoms with E-state index < -0.39 is 15.7 Å². The van der Waals surface area contributed by atoms with Crippen molar-refractivity contribution < 1.29 is 22.3 Å². The summed E-state index contributed by atoms with van der Waals surface area (Å²) < 4.78 is 44.0. The maximum Gasteiger partial charge on any atom is 0.202 e. The number of carbonyl (C=O) groups excluding carboxylic acids is 1. The van der Waals surface area contributed by atoms with Gasteiger partial charge < -0.3 is 9.30 Å². The van der Waals surface area contributed by atoms with E-state index in [2.05, 4.69) is 0 Å². The highest BCUT2D eigenvalue weighted by molar-refractivity contribution is 7.91. The SMILES string of the molecule is Cc1cc(C(=O)COc2ccc(F)c(Cl)c2)c(C)n1[C@@H]1CCS(=O)(=O)C1. The molecule has 1 aliphatic rings. The number of hydrogen-bond donors (Lipinski definition) is 0. The Hall–Kier alpha value is -1.86. The summed E-state index contributed by atoms with van der Waals surface area (Å²) in [6, 6.07) is 5.51. The normalized spacial score (nSPS) is 18.8. The molecule has 1 aromatic heterocycles. The van der Waals surface area contributed by atoms with E-state index in [1.165, 1.54) is 18.2 Å². The van der Waals surface area contributed by atoms with Crippen LogP contribution >= 0.6 is 11.6 Å². The number of aryl methyl sites for hydroxylation is 1. The summed E-state index contributed by atoms with van der Waals surface area (Å²) in [5.41, 5.74) is 2.08. The molecule has 140 valence electrons. The van der Waals surface area contributed by atoms with Crippen molar-refractivity contribution >= 4 is 27.2 Å². The zero-order valence-electron chi connectivity index (χ0n) is 14.5. The third-order valence-electron chi connectivity index (χ3n) is 4.62. The lowest BCUT2D eigenvalue weighted by Gasteiger charge is -2.16. The highest BCUT2D eigenvalue weighted by Gasteiger charge is 2.31. The van der Waals surface area contributed by atoms with Crippen molar-refractivity contribution in [2.24, 2.45) is 0 Å². The van der Waals surface area contributed by atoms with Crippen LogP contribution in [0.5, 0.6) is 5.75 Å². The van der Waals surface area contributed by atoms with Crippen LogP contribution in [-0.2, 0) is 9.84 Å². The summed E-state index contributed by atoms with van der Waals surface area (Å²) in [5.74, 6) is -0.208. The van der Waals surface area contributed by atoms with Gasteiger partial charge in [-0.25, -0.2) is 12.8 Å². The first-order valence-corrected chi connectivity index (χ1v) is 10.4. The number of Topliss-reactive ketones (excluding diaryl/α,β-unsaturated/α-hetero) is 1. The van der Waals surface area contributed by atoms with Crippen LogP contribution in [0, 0.1) is 19.7 Å². The van der Waals surface area contributed by atoms with E-state index in [4.69, 9.17) is 16.3 Å². The molecule has 0 aliphatic carbocycles. The lowest BCUT2D eigenvalue weighted by atomic mass is 10.1. The fourth-order valence-corrected chi connectivity index (χ4v) is 5.26. The second-order valence-electron chi connectivity index (χ2n) is 6.50. The zero-order chi connectivity index (χ0) is 19.1.